The molecular weight excluding hydrogens is 434 g/mol. The van der Waals surface area contributed by atoms with E-state index in [9.17, 15) is 27.2 Å². The molecule has 0 spiro atoms. The van der Waals surface area contributed by atoms with Gasteiger partial charge in [0, 0.05) is 29.3 Å². The van der Waals surface area contributed by atoms with Crippen molar-refractivity contribution in [2.45, 2.75) is 37.9 Å². The molecule has 7 nitrogen and oxygen atoms in total. The van der Waals surface area contributed by atoms with Crippen LogP contribution < -0.4 is 15.8 Å². The highest BCUT2D eigenvalue weighted by molar-refractivity contribution is 5.97. The van der Waals surface area contributed by atoms with Crippen molar-refractivity contribution in [3.8, 4) is 5.75 Å². The summed E-state index contributed by atoms with van der Waals surface area (Å²) in [5.41, 5.74) is 3.13. The smallest absolute Gasteiger partial charge is 0.267 e. The lowest BCUT2D eigenvalue weighted by Gasteiger charge is -2.28. The molecule has 4 atom stereocenters. The molecule has 1 saturated heterocycles. The Bertz CT molecular complexity index is 1050. The number of ether oxygens (including phenoxy) is 2. The Kier molecular flexibility index (Phi) is 6.40. The largest absolute Gasteiger partial charge is 0.493 e. The molecule has 11 heteroatoms. The van der Waals surface area contributed by atoms with Crippen LogP contribution in [0.1, 0.15) is 35.8 Å². The van der Waals surface area contributed by atoms with Crippen molar-refractivity contribution in [3.63, 3.8) is 0 Å². The van der Waals surface area contributed by atoms with Gasteiger partial charge in [-0.2, -0.15) is 4.39 Å². The maximum Gasteiger partial charge on any atom is 0.267 e. The Morgan fingerprint density at radius 1 is 1.28 bits per heavy atom. The Balaban J connectivity index is 2.04. The summed E-state index contributed by atoms with van der Waals surface area (Å²) in [5, 5.41) is 2.47. The minimum Gasteiger partial charge on any atom is -0.493 e. The van der Waals surface area contributed by atoms with E-state index in [0.29, 0.717) is 0 Å². The van der Waals surface area contributed by atoms with E-state index in [1.165, 1.54) is 31.3 Å². The van der Waals surface area contributed by atoms with Crippen LogP contribution in [0.25, 0.3) is 0 Å². The lowest BCUT2D eigenvalue weighted by atomic mass is 9.77. The number of hydrogen-bond donors (Lipinski definition) is 2. The van der Waals surface area contributed by atoms with Crippen LogP contribution in [-0.2, 0) is 9.53 Å². The second kappa shape index (κ2) is 8.73. The molecule has 1 aliphatic rings. The minimum absolute atomic E-state index is 0.0102. The molecule has 0 bridgehead atoms. The van der Waals surface area contributed by atoms with Crippen molar-refractivity contribution in [2.24, 2.45) is 11.7 Å². The van der Waals surface area contributed by atoms with E-state index >= 15 is 0 Å². The van der Waals surface area contributed by atoms with Crippen LogP contribution in [0.5, 0.6) is 5.75 Å². The third kappa shape index (κ3) is 3.99. The summed E-state index contributed by atoms with van der Waals surface area (Å²) < 4.78 is 66.4. The number of nitrogens with zero attached hydrogens (tertiary/aromatic N) is 1. The Hall–Kier alpha value is -3.21. The number of alkyl halides is 2. The van der Waals surface area contributed by atoms with Gasteiger partial charge in [-0.05, 0) is 25.1 Å². The molecule has 1 aromatic heterocycles. The zero-order valence-corrected chi connectivity index (χ0v) is 17.4. The molecule has 0 saturated carbocycles. The Labute approximate surface area is 180 Å². The Morgan fingerprint density at radius 2 is 1.97 bits per heavy atom. The van der Waals surface area contributed by atoms with Crippen molar-refractivity contribution in [1.29, 1.82) is 0 Å². The highest BCUT2D eigenvalue weighted by Crippen LogP contribution is 2.51. The molecule has 2 heterocycles. The highest BCUT2D eigenvalue weighted by Gasteiger charge is 2.58. The van der Waals surface area contributed by atoms with Gasteiger partial charge in [0.1, 0.15) is 17.4 Å². The first-order chi connectivity index (χ1) is 15.0. The van der Waals surface area contributed by atoms with Crippen LogP contribution in [0.2, 0.25) is 0 Å². The van der Waals surface area contributed by atoms with E-state index in [2.05, 4.69) is 10.3 Å². The van der Waals surface area contributed by atoms with Gasteiger partial charge in [0.05, 0.1) is 7.11 Å². The summed E-state index contributed by atoms with van der Waals surface area (Å²) in [7, 11) is 1.10. The van der Waals surface area contributed by atoms with Crippen molar-refractivity contribution < 1.29 is 36.6 Å². The van der Waals surface area contributed by atoms with E-state index in [0.717, 1.165) is 20.1 Å². The molecule has 2 amide bonds. The van der Waals surface area contributed by atoms with E-state index in [4.69, 9.17) is 15.2 Å². The number of primary amides is 1. The molecule has 0 radical (unpaired) electrons. The number of nitrogens with one attached hydrogen (secondary N) is 1. The topological polar surface area (TPSA) is 104 Å². The molecule has 32 heavy (non-hydrogen) atoms. The number of pyridine rings is 1. The number of anilines is 1. The first-order valence-corrected chi connectivity index (χ1v) is 9.55. The van der Waals surface area contributed by atoms with Crippen molar-refractivity contribution in [2.75, 3.05) is 12.4 Å². The summed E-state index contributed by atoms with van der Waals surface area (Å²) in [6.45, 7) is 2.58. The van der Waals surface area contributed by atoms with Crippen molar-refractivity contribution >= 4 is 17.5 Å². The standard InChI is InChI=1S/C21H21F4N3O4/c1-9-14(11-4-5-12(22)15(23)16(11)31-3)17(32-21(9,2)20(24)25)19(30)28-10-6-7-27-13(8-10)18(26)29/h4-9,14,17,20H,1-3H3,(H2,26,29)(H,27,28,30)/t9-,14-,17+,21-/m1/s1. The lowest BCUT2D eigenvalue weighted by Crippen LogP contribution is -2.40. The number of carbonyl (C=O) groups excluding carboxylic acids is 2. The summed E-state index contributed by atoms with van der Waals surface area (Å²) >= 11 is 0. The van der Waals surface area contributed by atoms with Gasteiger partial charge >= 0.3 is 0 Å². The molecule has 3 rings (SSSR count). The van der Waals surface area contributed by atoms with Gasteiger partial charge < -0.3 is 20.5 Å². The fourth-order valence-electron chi connectivity index (χ4n) is 3.85. The Morgan fingerprint density at radius 3 is 2.56 bits per heavy atom. The SMILES string of the molecule is COc1c([C@@H]2[C@@H](C(=O)Nc3ccnc(C(N)=O)c3)O[C@@](C)(C(F)F)[C@@H]2C)ccc(F)c1F. The number of rotatable bonds is 6. The first-order valence-electron chi connectivity index (χ1n) is 9.55. The monoisotopic (exact) mass is 455 g/mol. The molecular formula is C21H21F4N3O4. The summed E-state index contributed by atoms with van der Waals surface area (Å²) in [4.78, 5) is 28.1. The molecule has 0 aliphatic carbocycles. The second-order valence-electron chi connectivity index (χ2n) is 7.60. The quantitative estimate of drug-likeness (QED) is 0.651. The fourth-order valence-corrected chi connectivity index (χ4v) is 3.85. The van der Waals surface area contributed by atoms with Gasteiger partial charge in [-0.15, -0.1) is 0 Å². The minimum atomic E-state index is -2.98. The number of aromatic nitrogens is 1. The summed E-state index contributed by atoms with van der Waals surface area (Å²) in [6, 6.07) is 4.58. The van der Waals surface area contributed by atoms with E-state index in [-0.39, 0.29) is 16.9 Å². The summed E-state index contributed by atoms with van der Waals surface area (Å²) in [6.07, 6.45) is -3.25. The predicted molar refractivity (Wildman–Crippen MR) is 105 cm³/mol. The maximum absolute atomic E-state index is 14.3. The highest BCUT2D eigenvalue weighted by atomic mass is 19.3. The maximum atomic E-state index is 14.3. The van der Waals surface area contributed by atoms with E-state index in [1.807, 2.05) is 0 Å². The molecule has 1 aromatic carbocycles. The third-order valence-corrected chi connectivity index (χ3v) is 5.77. The van der Waals surface area contributed by atoms with Gasteiger partial charge in [-0.25, -0.2) is 13.2 Å². The van der Waals surface area contributed by atoms with Crippen molar-refractivity contribution in [3.05, 3.63) is 53.4 Å². The van der Waals surface area contributed by atoms with Gasteiger partial charge in [-0.1, -0.05) is 13.0 Å². The molecule has 1 aliphatic heterocycles. The zero-order valence-electron chi connectivity index (χ0n) is 17.4. The van der Waals surface area contributed by atoms with Gasteiger partial charge in [-0.3, -0.25) is 14.6 Å². The number of benzene rings is 1. The third-order valence-electron chi connectivity index (χ3n) is 5.77. The predicted octanol–water partition coefficient (Wildman–Crippen LogP) is 3.25. The molecule has 0 unspecified atom stereocenters. The average molecular weight is 455 g/mol. The van der Waals surface area contributed by atoms with Crippen LogP contribution in [-0.4, -0.2) is 42.0 Å². The fraction of sp³-hybridized carbons (Fsp3) is 0.381. The number of amides is 2. The summed E-state index contributed by atoms with van der Waals surface area (Å²) in [5.74, 6) is -6.75. The number of halogens is 4. The van der Waals surface area contributed by atoms with E-state index < -0.39 is 59.2 Å². The molecule has 172 valence electrons. The number of hydrogen-bond acceptors (Lipinski definition) is 5. The molecule has 1 fully saturated rings. The normalized spacial score (nSPS) is 25.1. The van der Waals surface area contributed by atoms with Crippen molar-refractivity contribution in [1.82, 2.24) is 4.98 Å². The van der Waals surface area contributed by atoms with Crippen LogP contribution in [0.3, 0.4) is 0 Å². The van der Waals surface area contributed by atoms with Gasteiger partial charge in [0.2, 0.25) is 5.82 Å². The number of nitrogens with two attached hydrogens (primary N) is 1. The van der Waals surface area contributed by atoms with Gasteiger partial charge in [0.25, 0.3) is 18.2 Å². The molecule has 2 aromatic rings. The lowest BCUT2D eigenvalue weighted by molar-refractivity contribution is -0.151. The average Bonchev–Trinajstić information content (AvgIpc) is 3.02. The number of carbonyl (C=O) groups is 2. The first kappa shape index (κ1) is 23.5. The van der Waals surface area contributed by atoms with Crippen LogP contribution >= 0.6 is 0 Å². The molecule has 3 N–H and O–H groups in total. The van der Waals surface area contributed by atoms with E-state index in [1.54, 1.807) is 0 Å². The zero-order chi connectivity index (χ0) is 23.8. The second-order valence-corrected chi connectivity index (χ2v) is 7.60. The van der Waals surface area contributed by atoms with Gasteiger partial charge in [0.15, 0.2) is 11.6 Å². The van der Waals surface area contributed by atoms with Crippen LogP contribution in [0.4, 0.5) is 23.2 Å². The van der Waals surface area contributed by atoms with Crippen LogP contribution in [0.15, 0.2) is 30.5 Å². The number of methoxy groups -OCH3 is 1. The van der Waals surface area contributed by atoms with Crippen LogP contribution in [0, 0.1) is 17.6 Å².